The van der Waals surface area contributed by atoms with Crippen molar-refractivity contribution in [2.45, 2.75) is 90.3 Å². The number of aliphatic hydroxyl groups is 2. The second-order valence-electron chi connectivity index (χ2n) is 5.54. The van der Waals surface area contributed by atoms with Crippen molar-refractivity contribution < 1.29 is 10.2 Å². The first kappa shape index (κ1) is 17.7. The Morgan fingerprint density at radius 3 is 1.00 bits per heavy atom. The first-order valence-electron chi connectivity index (χ1n) is 7.60. The number of rotatable bonds is 10. The number of hydrogen-bond acceptors (Lipinski definition) is 2. The van der Waals surface area contributed by atoms with Gasteiger partial charge in [0.15, 0.2) is 0 Å². The molecule has 0 saturated heterocycles. The Bertz CT molecular complexity index is 197. The summed E-state index contributed by atoms with van der Waals surface area (Å²) in [6.45, 7) is 8.33. The van der Waals surface area contributed by atoms with Crippen LogP contribution in [0.25, 0.3) is 0 Å². The zero-order valence-electron chi connectivity index (χ0n) is 12.7. The molecular formula is C16H32O2. The Kier molecular flexibility index (Phi) is 8.54. The minimum atomic E-state index is -0.737. The number of hydrogen-bond donors (Lipinski definition) is 2. The molecule has 0 rings (SSSR count). The van der Waals surface area contributed by atoms with Crippen LogP contribution < -0.4 is 0 Å². The Balaban J connectivity index is 4.79. The predicted octanol–water partition coefficient (Wildman–Crippen LogP) is 4.21. The molecule has 0 spiro atoms. The minimum absolute atomic E-state index is 0.737. The van der Waals surface area contributed by atoms with E-state index in [9.17, 15) is 10.2 Å². The second-order valence-corrected chi connectivity index (χ2v) is 5.54. The summed E-state index contributed by atoms with van der Waals surface area (Å²) in [5.41, 5.74) is -1.47. The lowest BCUT2D eigenvalue weighted by Crippen LogP contribution is -2.30. The van der Waals surface area contributed by atoms with E-state index < -0.39 is 11.2 Å². The van der Waals surface area contributed by atoms with Crippen molar-refractivity contribution in [3.05, 3.63) is 12.2 Å². The third-order valence-corrected chi connectivity index (χ3v) is 3.44. The molecule has 108 valence electrons. The highest BCUT2D eigenvalue weighted by Crippen LogP contribution is 2.26. The highest BCUT2D eigenvalue weighted by Gasteiger charge is 2.26. The van der Waals surface area contributed by atoms with Gasteiger partial charge in [0, 0.05) is 0 Å². The topological polar surface area (TPSA) is 40.5 Å². The van der Waals surface area contributed by atoms with E-state index in [-0.39, 0.29) is 0 Å². The lowest BCUT2D eigenvalue weighted by atomic mass is 9.87. The van der Waals surface area contributed by atoms with Crippen LogP contribution in [0.15, 0.2) is 12.2 Å². The van der Waals surface area contributed by atoms with Gasteiger partial charge < -0.3 is 10.2 Å². The monoisotopic (exact) mass is 256 g/mol. The van der Waals surface area contributed by atoms with Gasteiger partial charge in [0.25, 0.3) is 0 Å². The molecule has 0 amide bonds. The zero-order valence-corrected chi connectivity index (χ0v) is 12.7. The summed E-state index contributed by atoms with van der Waals surface area (Å²) in [6, 6.07) is 0. The highest BCUT2D eigenvalue weighted by molar-refractivity contribution is 5.08. The van der Waals surface area contributed by atoms with Crippen molar-refractivity contribution in [1.29, 1.82) is 0 Å². The van der Waals surface area contributed by atoms with Gasteiger partial charge in [-0.2, -0.15) is 0 Å². The molecule has 0 radical (unpaired) electrons. The Morgan fingerprint density at radius 1 is 0.611 bits per heavy atom. The lowest BCUT2D eigenvalue weighted by molar-refractivity contribution is 0.0529. The van der Waals surface area contributed by atoms with E-state index in [1.54, 1.807) is 0 Å². The van der Waals surface area contributed by atoms with Crippen LogP contribution >= 0.6 is 0 Å². The molecule has 0 aliphatic carbocycles. The molecule has 0 heterocycles. The van der Waals surface area contributed by atoms with Crippen LogP contribution in [0.3, 0.4) is 0 Å². The lowest BCUT2D eigenvalue weighted by Gasteiger charge is -2.28. The van der Waals surface area contributed by atoms with Crippen LogP contribution in [0.1, 0.15) is 79.1 Å². The largest absolute Gasteiger partial charge is 0.386 e. The molecule has 0 fully saturated rings. The Hall–Kier alpha value is -0.340. The fourth-order valence-corrected chi connectivity index (χ4v) is 2.63. The van der Waals surface area contributed by atoms with Gasteiger partial charge in [-0.05, 0) is 25.7 Å². The quantitative estimate of drug-likeness (QED) is 0.575. The van der Waals surface area contributed by atoms with Crippen molar-refractivity contribution in [1.82, 2.24) is 0 Å². The van der Waals surface area contributed by atoms with Crippen LogP contribution in [0, 0.1) is 0 Å². The first-order chi connectivity index (χ1) is 8.45. The van der Waals surface area contributed by atoms with E-state index in [4.69, 9.17) is 0 Å². The summed E-state index contributed by atoms with van der Waals surface area (Å²) >= 11 is 0. The molecule has 0 aromatic carbocycles. The summed E-state index contributed by atoms with van der Waals surface area (Å²) in [5.74, 6) is 0. The maximum Gasteiger partial charge on any atom is 0.0828 e. The maximum absolute atomic E-state index is 10.5. The fraction of sp³-hybridized carbons (Fsp3) is 0.875. The fourth-order valence-electron chi connectivity index (χ4n) is 2.63. The highest BCUT2D eigenvalue weighted by atomic mass is 16.3. The average Bonchev–Trinajstić information content (AvgIpc) is 2.28. The third kappa shape index (κ3) is 6.55. The van der Waals surface area contributed by atoms with E-state index in [0.29, 0.717) is 0 Å². The average molecular weight is 256 g/mol. The van der Waals surface area contributed by atoms with Crippen molar-refractivity contribution in [2.24, 2.45) is 0 Å². The van der Waals surface area contributed by atoms with Gasteiger partial charge in [-0.1, -0.05) is 65.5 Å². The van der Waals surface area contributed by atoms with Crippen LogP contribution in [-0.4, -0.2) is 21.4 Å². The van der Waals surface area contributed by atoms with Gasteiger partial charge in [0.05, 0.1) is 11.2 Å². The van der Waals surface area contributed by atoms with Gasteiger partial charge in [-0.15, -0.1) is 0 Å². The van der Waals surface area contributed by atoms with Gasteiger partial charge >= 0.3 is 0 Å². The van der Waals surface area contributed by atoms with Gasteiger partial charge in [0.1, 0.15) is 0 Å². The van der Waals surface area contributed by atoms with Crippen molar-refractivity contribution in [3.63, 3.8) is 0 Å². The van der Waals surface area contributed by atoms with Gasteiger partial charge in [-0.3, -0.25) is 0 Å². The third-order valence-electron chi connectivity index (χ3n) is 3.44. The van der Waals surface area contributed by atoms with E-state index in [1.807, 2.05) is 12.2 Å². The maximum atomic E-state index is 10.5. The van der Waals surface area contributed by atoms with Crippen molar-refractivity contribution >= 4 is 0 Å². The van der Waals surface area contributed by atoms with Crippen molar-refractivity contribution in [3.8, 4) is 0 Å². The van der Waals surface area contributed by atoms with Crippen LogP contribution in [0.4, 0.5) is 0 Å². The minimum Gasteiger partial charge on any atom is -0.386 e. The second kappa shape index (κ2) is 8.71. The molecule has 0 aliphatic heterocycles. The van der Waals surface area contributed by atoms with E-state index in [1.165, 1.54) is 0 Å². The predicted molar refractivity (Wildman–Crippen MR) is 78.7 cm³/mol. The molecule has 0 aromatic heterocycles. The zero-order chi connectivity index (χ0) is 14.1. The summed E-state index contributed by atoms with van der Waals surface area (Å²) in [5, 5.41) is 21.0. The molecule has 0 unspecified atom stereocenters. The molecule has 0 atom stereocenters. The van der Waals surface area contributed by atoms with E-state index >= 15 is 0 Å². The van der Waals surface area contributed by atoms with Gasteiger partial charge in [-0.25, -0.2) is 0 Å². The van der Waals surface area contributed by atoms with Gasteiger partial charge in [0.2, 0.25) is 0 Å². The summed E-state index contributed by atoms with van der Waals surface area (Å²) < 4.78 is 0. The first-order valence-corrected chi connectivity index (χ1v) is 7.60. The summed E-state index contributed by atoms with van der Waals surface area (Å²) in [7, 11) is 0. The SMILES string of the molecule is CCCC(O)(/C=C\C(O)(CCC)CCC)CCC. The van der Waals surface area contributed by atoms with Crippen LogP contribution in [0.5, 0.6) is 0 Å². The smallest absolute Gasteiger partial charge is 0.0828 e. The molecule has 2 nitrogen and oxygen atoms in total. The van der Waals surface area contributed by atoms with E-state index in [0.717, 1.165) is 51.4 Å². The van der Waals surface area contributed by atoms with Crippen molar-refractivity contribution in [2.75, 3.05) is 0 Å². The standard InChI is InChI=1S/C16H32O2/c1-5-9-15(17,10-6-2)13-14-16(18,11-7-3)12-8-4/h13-14,17-18H,5-12H2,1-4H3/b14-13-. The normalized spacial score (nSPS) is 13.4. The molecule has 0 aliphatic rings. The Morgan fingerprint density at radius 2 is 0.833 bits per heavy atom. The molecule has 2 heteroatoms. The molecule has 0 saturated carbocycles. The molecule has 0 aromatic rings. The molecule has 18 heavy (non-hydrogen) atoms. The Labute approximate surface area is 113 Å². The van der Waals surface area contributed by atoms with E-state index in [2.05, 4.69) is 27.7 Å². The summed E-state index contributed by atoms with van der Waals surface area (Å²) in [4.78, 5) is 0. The molecule has 2 N–H and O–H groups in total. The van der Waals surface area contributed by atoms with Crippen LogP contribution in [0.2, 0.25) is 0 Å². The molecule has 0 bridgehead atoms. The summed E-state index contributed by atoms with van der Waals surface area (Å²) in [6.07, 6.45) is 10.6. The molecular weight excluding hydrogens is 224 g/mol. The van der Waals surface area contributed by atoms with Crippen LogP contribution in [-0.2, 0) is 0 Å².